The summed E-state index contributed by atoms with van der Waals surface area (Å²) in [6.07, 6.45) is 2.51. The van der Waals surface area contributed by atoms with E-state index in [0.29, 0.717) is 5.92 Å². The van der Waals surface area contributed by atoms with Crippen molar-refractivity contribution < 1.29 is 14.3 Å². The van der Waals surface area contributed by atoms with Gasteiger partial charge in [0.05, 0.1) is 7.11 Å². The Balaban J connectivity index is 2.25. The van der Waals surface area contributed by atoms with E-state index >= 15 is 0 Å². The maximum Gasteiger partial charge on any atom is 0.328 e. The summed E-state index contributed by atoms with van der Waals surface area (Å²) in [5.74, 6) is -0.139. The SMILES string of the molecule is COC(=O)[C@H](C)NC(=O)CC(N)C1CC1. The fraction of sp³-hybridized carbons (Fsp3) is 0.800. The lowest BCUT2D eigenvalue weighted by molar-refractivity contribution is -0.144. The minimum absolute atomic E-state index is 0.0742. The molecular weight excluding hydrogens is 196 g/mol. The summed E-state index contributed by atoms with van der Waals surface area (Å²) in [6.45, 7) is 1.59. The van der Waals surface area contributed by atoms with Gasteiger partial charge in [-0.1, -0.05) is 0 Å². The number of amides is 1. The summed E-state index contributed by atoms with van der Waals surface area (Å²) in [5, 5.41) is 2.55. The highest BCUT2D eigenvalue weighted by molar-refractivity contribution is 5.84. The van der Waals surface area contributed by atoms with E-state index in [-0.39, 0.29) is 18.4 Å². The van der Waals surface area contributed by atoms with Gasteiger partial charge in [0.2, 0.25) is 5.91 Å². The zero-order valence-electron chi connectivity index (χ0n) is 9.16. The summed E-state index contributed by atoms with van der Waals surface area (Å²) in [4.78, 5) is 22.4. The van der Waals surface area contributed by atoms with Crippen LogP contribution in [0.2, 0.25) is 0 Å². The minimum atomic E-state index is -0.603. The molecule has 0 bridgehead atoms. The molecule has 0 aromatic heterocycles. The monoisotopic (exact) mass is 214 g/mol. The lowest BCUT2D eigenvalue weighted by Gasteiger charge is -2.14. The Kier molecular flexibility index (Phi) is 4.08. The van der Waals surface area contributed by atoms with Crippen LogP contribution >= 0.6 is 0 Å². The highest BCUT2D eigenvalue weighted by atomic mass is 16.5. The van der Waals surface area contributed by atoms with E-state index in [4.69, 9.17) is 5.73 Å². The van der Waals surface area contributed by atoms with Crippen molar-refractivity contribution in [3.05, 3.63) is 0 Å². The van der Waals surface area contributed by atoms with Crippen LogP contribution in [-0.2, 0) is 14.3 Å². The molecule has 1 rings (SSSR count). The van der Waals surface area contributed by atoms with Gasteiger partial charge in [0.25, 0.3) is 0 Å². The second kappa shape index (κ2) is 5.11. The van der Waals surface area contributed by atoms with Gasteiger partial charge in [0.15, 0.2) is 0 Å². The molecule has 1 unspecified atom stereocenters. The van der Waals surface area contributed by atoms with E-state index in [1.54, 1.807) is 6.92 Å². The standard InChI is InChI=1S/C10H18N2O3/c1-6(10(14)15-2)12-9(13)5-8(11)7-3-4-7/h6-8H,3-5,11H2,1-2H3,(H,12,13)/t6-,8?/m0/s1. The van der Waals surface area contributed by atoms with Crippen molar-refractivity contribution in [2.45, 2.75) is 38.3 Å². The Hall–Kier alpha value is -1.10. The van der Waals surface area contributed by atoms with Crippen molar-refractivity contribution >= 4 is 11.9 Å². The molecule has 5 heteroatoms. The molecule has 1 saturated carbocycles. The van der Waals surface area contributed by atoms with Gasteiger partial charge in [-0.25, -0.2) is 4.79 Å². The first-order chi connectivity index (χ1) is 7.04. The molecule has 0 saturated heterocycles. The molecule has 15 heavy (non-hydrogen) atoms. The zero-order chi connectivity index (χ0) is 11.4. The summed E-state index contributed by atoms with van der Waals surface area (Å²) in [7, 11) is 1.29. The van der Waals surface area contributed by atoms with Gasteiger partial charge < -0.3 is 15.8 Å². The summed E-state index contributed by atoms with van der Waals surface area (Å²) >= 11 is 0. The number of carbonyl (C=O) groups excluding carboxylic acids is 2. The van der Waals surface area contributed by atoms with Crippen molar-refractivity contribution in [1.82, 2.24) is 5.32 Å². The van der Waals surface area contributed by atoms with Gasteiger partial charge in [0.1, 0.15) is 6.04 Å². The molecule has 5 nitrogen and oxygen atoms in total. The number of hydrogen-bond donors (Lipinski definition) is 2. The van der Waals surface area contributed by atoms with Gasteiger partial charge in [-0.15, -0.1) is 0 Å². The number of rotatable bonds is 5. The number of esters is 1. The molecule has 1 aliphatic rings. The van der Waals surface area contributed by atoms with E-state index < -0.39 is 12.0 Å². The van der Waals surface area contributed by atoms with E-state index in [1.807, 2.05) is 0 Å². The van der Waals surface area contributed by atoms with Crippen molar-refractivity contribution in [2.24, 2.45) is 11.7 Å². The van der Waals surface area contributed by atoms with E-state index in [1.165, 1.54) is 7.11 Å². The van der Waals surface area contributed by atoms with Crippen LogP contribution in [-0.4, -0.2) is 31.1 Å². The number of hydrogen-bond acceptors (Lipinski definition) is 4. The maximum atomic E-state index is 11.4. The van der Waals surface area contributed by atoms with Crippen molar-refractivity contribution in [1.29, 1.82) is 0 Å². The number of carbonyl (C=O) groups is 2. The highest BCUT2D eigenvalue weighted by Gasteiger charge is 2.30. The molecular formula is C10H18N2O3. The molecule has 0 heterocycles. The van der Waals surface area contributed by atoms with Crippen LogP contribution in [0.4, 0.5) is 0 Å². The van der Waals surface area contributed by atoms with Crippen LogP contribution in [0.1, 0.15) is 26.2 Å². The van der Waals surface area contributed by atoms with E-state index in [2.05, 4.69) is 10.1 Å². The maximum absolute atomic E-state index is 11.4. The first-order valence-corrected chi connectivity index (χ1v) is 5.17. The second-order valence-electron chi connectivity index (χ2n) is 4.02. The zero-order valence-corrected chi connectivity index (χ0v) is 9.16. The predicted octanol–water partition coefficient (Wildman–Crippen LogP) is -0.208. The quantitative estimate of drug-likeness (QED) is 0.620. The largest absolute Gasteiger partial charge is 0.467 e. The Bertz CT molecular complexity index is 251. The molecule has 1 amide bonds. The first-order valence-electron chi connectivity index (χ1n) is 5.17. The third-order valence-corrected chi connectivity index (χ3v) is 2.58. The Morgan fingerprint density at radius 2 is 2.13 bits per heavy atom. The van der Waals surface area contributed by atoms with Gasteiger partial charge in [-0.05, 0) is 25.7 Å². The van der Waals surface area contributed by atoms with Gasteiger partial charge >= 0.3 is 5.97 Å². The number of nitrogens with one attached hydrogen (secondary N) is 1. The van der Waals surface area contributed by atoms with E-state index in [9.17, 15) is 9.59 Å². The fourth-order valence-corrected chi connectivity index (χ4v) is 1.44. The average Bonchev–Trinajstić information content (AvgIpc) is 2.99. The second-order valence-corrected chi connectivity index (χ2v) is 4.02. The van der Waals surface area contributed by atoms with Crippen molar-refractivity contribution in [3.63, 3.8) is 0 Å². The fourth-order valence-electron chi connectivity index (χ4n) is 1.44. The summed E-state index contributed by atoms with van der Waals surface area (Å²) in [5.41, 5.74) is 5.79. The lowest BCUT2D eigenvalue weighted by Crippen LogP contribution is -2.41. The summed E-state index contributed by atoms with van der Waals surface area (Å²) < 4.78 is 4.49. The Labute approximate surface area is 89.3 Å². The number of methoxy groups -OCH3 is 1. The molecule has 0 radical (unpaired) electrons. The molecule has 1 aliphatic carbocycles. The van der Waals surface area contributed by atoms with Crippen LogP contribution in [0.5, 0.6) is 0 Å². The van der Waals surface area contributed by atoms with Crippen LogP contribution in [0, 0.1) is 5.92 Å². The van der Waals surface area contributed by atoms with Gasteiger partial charge in [-0.3, -0.25) is 4.79 Å². The third kappa shape index (κ3) is 3.87. The van der Waals surface area contributed by atoms with Crippen molar-refractivity contribution in [3.8, 4) is 0 Å². The lowest BCUT2D eigenvalue weighted by atomic mass is 10.1. The van der Waals surface area contributed by atoms with E-state index in [0.717, 1.165) is 12.8 Å². The Morgan fingerprint density at radius 1 is 1.53 bits per heavy atom. The number of ether oxygens (including phenoxy) is 1. The minimum Gasteiger partial charge on any atom is -0.467 e. The normalized spacial score (nSPS) is 19.1. The molecule has 3 N–H and O–H groups in total. The molecule has 86 valence electrons. The topological polar surface area (TPSA) is 81.4 Å². The Morgan fingerprint density at radius 3 is 2.60 bits per heavy atom. The van der Waals surface area contributed by atoms with Crippen molar-refractivity contribution in [2.75, 3.05) is 7.11 Å². The molecule has 0 aliphatic heterocycles. The smallest absolute Gasteiger partial charge is 0.328 e. The third-order valence-electron chi connectivity index (χ3n) is 2.58. The van der Waals surface area contributed by atoms with Gasteiger partial charge in [0, 0.05) is 12.5 Å². The highest BCUT2D eigenvalue weighted by Crippen LogP contribution is 2.32. The predicted molar refractivity (Wildman–Crippen MR) is 54.9 cm³/mol. The first kappa shape index (κ1) is 12.0. The van der Waals surface area contributed by atoms with Crippen LogP contribution < -0.4 is 11.1 Å². The van der Waals surface area contributed by atoms with Crippen LogP contribution in [0.3, 0.4) is 0 Å². The molecule has 0 aromatic carbocycles. The molecule has 1 fully saturated rings. The summed E-state index contributed by atoms with van der Waals surface area (Å²) in [6, 6.07) is -0.677. The molecule has 0 aromatic rings. The number of nitrogens with two attached hydrogens (primary N) is 1. The molecule has 0 spiro atoms. The van der Waals surface area contributed by atoms with Gasteiger partial charge in [-0.2, -0.15) is 0 Å². The average molecular weight is 214 g/mol. The van der Waals surface area contributed by atoms with Crippen LogP contribution in [0.25, 0.3) is 0 Å². The van der Waals surface area contributed by atoms with Crippen LogP contribution in [0.15, 0.2) is 0 Å². The molecule has 2 atom stereocenters.